The van der Waals surface area contributed by atoms with E-state index in [4.69, 9.17) is 9.88 Å². The Morgan fingerprint density at radius 2 is 2.16 bits per heavy atom. The van der Waals surface area contributed by atoms with Crippen LogP contribution in [-0.4, -0.2) is 49.1 Å². The lowest BCUT2D eigenvalue weighted by atomic mass is 9.93. The highest BCUT2D eigenvalue weighted by molar-refractivity contribution is 7.84. The zero-order valence-corrected chi connectivity index (χ0v) is 22.2. The van der Waals surface area contributed by atoms with E-state index >= 15 is 4.39 Å². The van der Waals surface area contributed by atoms with Gasteiger partial charge >= 0.3 is 10.3 Å². The van der Waals surface area contributed by atoms with Crippen molar-refractivity contribution >= 4 is 33.2 Å². The van der Waals surface area contributed by atoms with Crippen LogP contribution in [-0.2, 0) is 25.6 Å². The topological polar surface area (TPSA) is 133 Å². The van der Waals surface area contributed by atoms with Gasteiger partial charge in [0.15, 0.2) is 0 Å². The minimum Gasteiger partial charge on any atom is -0.368 e. The van der Waals surface area contributed by atoms with Crippen molar-refractivity contribution in [2.24, 2.45) is 17.0 Å². The second kappa shape index (κ2) is 9.45. The van der Waals surface area contributed by atoms with Crippen molar-refractivity contribution in [1.29, 1.82) is 0 Å². The monoisotopic (exact) mass is 558 g/mol. The Kier molecular flexibility index (Phi) is 6.35. The smallest absolute Gasteiger partial charge is 0.333 e. The van der Waals surface area contributed by atoms with Crippen LogP contribution in [0.4, 0.5) is 10.2 Å². The first kappa shape index (κ1) is 25.5. The van der Waals surface area contributed by atoms with E-state index in [1.54, 1.807) is 0 Å². The highest BCUT2D eigenvalue weighted by atomic mass is 32.2. The molecule has 3 heterocycles. The number of nitrogens with two attached hydrogens (primary N) is 1. The van der Waals surface area contributed by atoms with Gasteiger partial charge in [0.25, 0.3) is 0 Å². The lowest BCUT2D eigenvalue weighted by Crippen LogP contribution is -2.25. The number of aryl methyl sites for hydroxylation is 1. The summed E-state index contributed by atoms with van der Waals surface area (Å²) < 4.78 is 48.4. The van der Waals surface area contributed by atoms with Gasteiger partial charge in [-0.2, -0.15) is 8.42 Å². The molecule has 2 aromatic heterocycles. The molecule has 2 fully saturated rings. The molecular formula is C26H27FN4O5S2. The SMILES string of the molecule is Cc1sc(C(=O)c2cncnc2NC2[C@@H]3C[C@H](COS(N)(=O)=O)C[C@@]23F)cc1C1OCCc2ccccc21. The first-order chi connectivity index (χ1) is 18.1. The summed E-state index contributed by atoms with van der Waals surface area (Å²) in [6, 6.07) is 9.54. The number of ketones is 1. The number of alkyl halides is 1. The Hall–Kier alpha value is -2.77. The molecule has 0 amide bonds. The molecule has 2 saturated carbocycles. The summed E-state index contributed by atoms with van der Waals surface area (Å²) in [5.41, 5.74) is 2.08. The number of carbonyl (C=O) groups is 1. The van der Waals surface area contributed by atoms with Crippen LogP contribution >= 0.6 is 11.3 Å². The zero-order valence-electron chi connectivity index (χ0n) is 20.6. The van der Waals surface area contributed by atoms with E-state index in [0.717, 1.165) is 22.4 Å². The number of aromatic nitrogens is 2. The molecule has 200 valence electrons. The van der Waals surface area contributed by atoms with Crippen molar-refractivity contribution in [3.05, 3.63) is 74.9 Å². The van der Waals surface area contributed by atoms with Crippen LogP contribution in [0.1, 0.15) is 55.7 Å². The van der Waals surface area contributed by atoms with Gasteiger partial charge in [-0.25, -0.2) is 19.5 Å². The number of hydrogen-bond donors (Lipinski definition) is 2. The normalized spacial score (nSPS) is 28.0. The van der Waals surface area contributed by atoms with E-state index in [0.29, 0.717) is 17.9 Å². The number of rotatable bonds is 8. The third kappa shape index (κ3) is 4.64. The second-order valence-electron chi connectivity index (χ2n) is 10.2. The van der Waals surface area contributed by atoms with Crippen LogP contribution < -0.4 is 10.5 Å². The van der Waals surface area contributed by atoms with Gasteiger partial charge in [0.1, 0.15) is 23.9 Å². The molecule has 9 nitrogen and oxygen atoms in total. The van der Waals surface area contributed by atoms with E-state index in [9.17, 15) is 13.2 Å². The van der Waals surface area contributed by atoms with Crippen molar-refractivity contribution in [2.75, 3.05) is 18.5 Å². The molecule has 2 unspecified atom stereocenters. The van der Waals surface area contributed by atoms with Gasteiger partial charge in [0.2, 0.25) is 5.78 Å². The van der Waals surface area contributed by atoms with E-state index in [-0.39, 0.29) is 48.1 Å². The third-order valence-electron chi connectivity index (χ3n) is 7.79. The molecule has 6 rings (SSSR count). The summed E-state index contributed by atoms with van der Waals surface area (Å²) in [5, 5.41) is 8.00. The molecule has 0 saturated heterocycles. The van der Waals surface area contributed by atoms with E-state index in [2.05, 4.69) is 31.6 Å². The minimum absolute atomic E-state index is 0.139. The number of carbonyl (C=O) groups excluding carboxylic acids is 1. The molecule has 3 N–H and O–H groups in total. The van der Waals surface area contributed by atoms with Gasteiger partial charge in [-0.05, 0) is 54.9 Å². The Bertz CT molecular complexity index is 1510. The fourth-order valence-corrected chi connectivity index (χ4v) is 7.31. The zero-order chi connectivity index (χ0) is 26.7. The molecule has 38 heavy (non-hydrogen) atoms. The van der Waals surface area contributed by atoms with Crippen LogP contribution in [0.15, 0.2) is 42.9 Å². The lowest BCUT2D eigenvalue weighted by Gasteiger charge is -2.26. The lowest BCUT2D eigenvalue weighted by molar-refractivity contribution is 0.0697. The number of nitrogens with one attached hydrogen (secondary N) is 1. The molecule has 5 atom stereocenters. The van der Waals surface area contributed by atoms with Crippen molar-refractivity contribution in [3.63, 3.8) is 0 Å². The van der Waals surface area contributed by atoms with E-state index < -0.39 is 22.0 Å². The predicted octanol–water partition coefficient (Wildman–Crippen LogP) is 3.49. The van der Waals surface area contributed by atoms with Gasteiger partial charge in [-0.15, -0.1) is 11.3 Å². The average Bonchev–Trinajstić information content (AvgIpc) is 3.17. The molecule has 0 radical (unpaired) electrons. The first-order valence-corrected chi connectivity index (χ1v) is 14.7. The number of ether oxygens (including phenoxy) is 1. The van der Waals surface area contributed by atoms with Crippen LogP contribution in [0.25, 0.3) is 0 Å². The van der Waals surface area contributed by atoms with Crippen LogP contribution in [0.3, 0.4) is 0 Å². The van der Waals surface area contributed by atoms with Gasteiger partial charge in [-0.1, -0.05) is 24.3 Å². The van der Waals surface area contributed by atoms with E-state index in [1.165, 1.54) is 29.4 Å². The standard InChI is InChI=1S/C26H27FN4O5S2/c1-14-18(23-17-5-3-2-4-16(17)6-7-35-23)9-21(37-14)22(32)19-11-29-13-30-25(19)31-24-20-8-15(10-26(20,24)27)12-36-38(28,33)34/h2-5,9,11,13,15,20,23-24H,6-8,10,12H2,1H3,(H2,28,33,34)(H,29,30,31)/t15-,20-,23?,24?,26-/m0/s1. The Balaban J connectivity index is 1.19. The number of fused-ring (bicyclic) bond motifs is 2. The Morgan fingerprint density at radius 3 is 2.92 bits per heavy atom. The highest BCUT2D eigenvalue weighted by Gasteiger charge is 2.71. The maximum Gasteiger partial charge on any atom is 0.333 e. The summed E-state index contributed by atoms with van der Waals surface area (Å²) in [6.07, 6.45) is 4.00. The molecule has 2 aliphatic carbocycles. The summed E-state index contributed by atoms with van der Waals surface area (Å²) in [4.78, 5) is 23.4. The Morgan fingerprint density at radius 1 is 1.34 bits per heavy atom. The molecule has 1 aromatic carbocycles. The molecule has 0 bridgehead atoms. The number of hydrogen-bond acceptors (Lipinski definition) is 9. The fourth-order valence-electron chi connectivity index (χ4n) is 5.93. The summed E-state index contributed by atoms with van der Waals surface area (Å²) in [6.45, 7) is 2.45. The molecule has 1 aliphatic heterocycles. The summed E-state index contributed by atoms with van der Waals surface area (Å²) >= 11 is 1.39. The van der Waals surface area contributed by atoms with Gasteiger partial charge in [0, 0.05) is 17.0 Å². The van der Waals surface area contributed by atoms with E-state index in [1.807, 2.05) is 25.1 Å². The summed E-state index contributed by atoms with van der Waals surface area (Å²) in [5.74, 6) is -0.526. The third-order valence-corrected chi connectivity index (χ3v) is 9.32. The number of thiophene rings is 1. The van der Waals surface area contributed by atoms with Gasteiger partial charge in [-0.3, -0.25) is 8.98 Å². The van der Waals surface area contributed by atoms with Crippen molar-refractivity contribution in [2.45, 2.75) is 44.0 Å². The highest BCUT2D eigenvalue weighted by Crippen LogP contribution is 2.62. The van der Waals surface area contributed by atoms with Crippen molar-refractivity contribution < 1.29 is 26.5 Å². The second-order valence-corrected chi connectivity index (χ2v) is 12.7. The van der Waals surface area contributed by atoms with Crippen LogP contribution in [0, 0.1) is 18.8 Å². The largest absolute Gasteiger partial charge is 0.368 e. The molecule has 0 spiro atoms. The van der Waals surface area contributed by atoms with Gasteiger partial charge in [0.05, 0.1) is 29.7 Å². The maximum atomic E-state index is 15.5. The van der Waals surface area contributed by atoms with Crippen LogP contribution in [0.2, 0.25) is 0 Å². The number of halogens is 1. The average molecular weight is 559 g/mol. The Labute approximate surface area is 223 Å². The quantitative estimate of drug-likeness (QED) is 0.402. The predicted molar refractivity (Wildman–Crippen MR) is 139 cm³/mol. The number of anilines is 1. The number of benzene rings is 1. The fraction of sp³-hybridized carbons (Fsp3) is 0.423. The molecular weight excluding hydrogens is 531 g/mol. The summed E-state index contributed by atoms with van der Waals surface area (Å²) in [7, 11) is -4.06. The molecule has 12 heteroatoms. The number of nitrogens with zero attached hydrogens (tertiary/aromatic N) is 2. The maximum absolute atomic E-state index is 15.5. The van der Waals surface area contributed by atoms with Crippen LogP contribution in [0.5, 0.6) is 0 Å². The van der Waals surface area contributed by atoms with Gasteiger partial charge < -0.3 is 10.1 Å². The first-order valence-electron chi connectivity index (χ1n) is 12.4. The molecule has 3 aromatic rings. The minimum atomic E-state index is -4.06. The van der Waals surface area contributed by atoms with Crippen molar-refractivity contribution in [3.8, 4) is 0 Å². The molecule has 3 aliphatic rings. The van der Waals surface area contributed by atoms with Crippen molar-refractivity contribution in [1.82, 2.24) is 9.97 Å².